The Balaban J connectivity index is 0.00000361. The number of ether oxygens (including phenoxy) is 1. The Kier molecular flexibility index (Phi) is 8.46. The van der Waals surface area contributed by atoms with Gasteiger partial charge in [0.05, 0.1) is 6.54 Å². The largest absolute Gasteiger partial charge is 0.375 e. The van der Waals surface area contributed by atoms with Gasteiger partial charge in [0.1, 0.15) is 6.10 Å². The maximum absolute atomic E-state index is 6.14. The molecule has 0 aliphatic carbocycles. The third-order valence-electron chi connectivity index (χ3n) is 2.47. The Morgan fingerprint density at radius 2 is 2.00 bits per heavy atom. The van der Waals surface area contributed by atoms with E-state index >= 15 is 0 Å². The fourth-order valence-corrected chi connectivity index (χ4v) is 1.90. The van der Waals surface area contributed by atoms with E-state index in [1.54, 1.807) is 7.11 Å². The first kappa shape index (κ1) is 19.5. The van der Waals surface area contributed by atoms with Crippen LogP contribution in [0.15, 0.2) is 29.3 Å². The fraction of sp³-hybridized carbons (Fsp3) is 0.500. The second-order valence-electron chi connectivity index (χ2n) is 5.35. The van der Waals surface area contributed by atoms with Crippen LogP contribution in [0.5, 0.6) is 0 Å². The van der Waals surface area contributed by atoms with Crippen molar-refractivity contribution >= 4 is 41.5 Å². The maximum Gasteiger partial charge on any atom is 0.189 e. The van der Waals surface area contributed by atoms with E-state index in [0.717, 1.165) is 5.56 Å². The number of hydrogen-bond donors (Lipinski definition) is 2. The van der Waals surface area contributed by atoms with Gasteiger partial charge < -0.3 is 15.8 Å². The predicted octanol–water partition coefficient (Wildman–Crippen LogP) is 3.35. The lowest BCUT2D eigenvalue weighted by molar-refractivity contribution is 0.111. The molecule has 0 aliphatic rings. The second-order valence-corrected chi connectivity index (χ2v) is 5.75. The SMILES string of the molecule is COC(CN=C(N)NC(C)(C)C)c1ccccc1Cl.I. The molecule has 1 aromatic carbocycles. The Morgan fingerprint density at radius 3 is 2.50 bits per heavy atom. The number of aliphatic imine (C=N–C) groups is 1. The van der Waals surface area contributed by atoms with Crippen molar-refractivity contribution in [2.45, 2.75) is 32.4 Å². The Hall–Kier alpha value is -0.530. The lowest BCUT2D eigenvalue weighted by Gasteiger charge is -2.22. The van der Waals surface area contributed by atoms with Crippen LogP contribution in [0.3, 0.4) is 0 Å². The molecule has 0 spiro atoms. The second kappa shape index (κ2) is 8.69. The first-order chi connectivity index (χ1) is 8.83. The maximum atomic E-state index is 6.14. The number of rotatable bonds is 4. The summed E-state index contributed by atoms with van der Waals surface area (Å²) in [6.07, 6.45) is -0.200. The van der Waals surface area contributed by atoms with Crippen LogP contribution >= 0.6 is 35.6 Å². The molecule has 3 N–H and O–H groups in total. The Bertz CT molecular complexity index is 446. The monoisotopic (exact) mass is 411 g/mol. The molecule has 0 aliphatic heterocycles. The van der Waals surface area contributed by atoms with Crippen LogP contribution in [0, 0.1) is 0 Å². The quantitative estimate of drug-likeness (QED) is 0.454. The zero-order chi connectivity index (χ0) is 14.5. The van der Waals surface area contributed by atoms with Crippen LogP contribution < -0.4 is 11.1 Å². The molecular formula is C14H23ClIN3O. The molecule has 6 heteroatoms. The standard InChI is InChI=1S/C14H22ClN3O.HI/c1-14(2,3)18-13(16)17-9-12(19-4)10-7-5-6-8-11(10)15;/h5-8,12H,9H2,1-4H3,(H3,16,17,18);1H. The number of nitrogens with two attached hydrogens (primary N) is 1. The number of guanidine groups is 1. The van der Waals surface area contributed by atoms with Gasteiger partial charge in [-0.2, -0.15) is 0 Å². The van der Waals surface area contributed by atoms with Crippen LogP contribution in [0.4, 0.5) is 0 Å². The zero-order valence-electron chi connectivity index (χ0n) is 12.3. The summed E-state index contributed by atoms with van der Waals surface area (Å²) in [6, 6.07) is 7.58. The van der Waals surface area contributed by atoms with E-state index in [1.165, 1.54) is 0 Å². The van der Waals surface area contributed by atoms with E-state index in [1.807, 2.05) is 45.0 Å². The van der Waals surface area contributed by atoms with E-state index in [9.17, 15) is 0 Å². The van der Waals surface area contributed by atoms with Crippen molar-refractivity contribution in [3.05, 3.63) is 34.9 Å². The van der Waals surface area contributed by atoms with Crippen molar-refractivity contribution in [2.75, 3.05) is 13.7 Å². The average molecular weight is 412 g/mol. The molecule has 0 amide bonds. The van der Waals surface area contributed by atoms with Crippen LogP contribution in [0.2, 0.25) is 5.02 Å². The summed E-state index contributed by atoms with van der Waals surface area (Å²) in [7, 11) is 1.64. The normalized spacial score (nSPS) is 13.6. The molecule has 114 valence electrons. The molecule has 20 heavy (non-hydrogen) atoms. The number of halogens is 2. The van der Waals surface area contributed by atoms with Gasteiger partial charge in [-0.1, -0.05) is 29.8 Å². The smallest absolute Gasteiger partial charge is 0.189 e. The summed E-state index contributed by atoms with van der Waals surface area (Å²) in [4.78, 5) is 4.30. The number of benzene rings is 1. The van der Waals surface area contributed by atoms with Crippen LogP contribution in [-0.4, -0.2) is 25.2 Å². The highest BCUT2D eigenvalue weighted by Crippen LogP contribution is 2.25. The third-order valence-corrected chi connectivity index (χ3v) is 2.81. The molecule has 0 heterocycles. The van der Waals surface area contributed by atoms with Gasteiger partial charge in [-0.05, 0) is 26.8 Å². The minimum Gasteiger partial charge on any atom is -0.375 e. The zero-order valence-corrected chi connectivity index (χ0v) is 15.4. The van der Waals surface area contributed by atoms with Crippen LogP contribution in [-0.2, 0) is 4.74 Å². The minimum atomic E-state index is -0.200. The Morgan fingerprint density at radius 1 is 1.40 bits per heavy atom. The van der Waals surface area contributed by atoms with E-state index < -0.39 is 0 Å². The highest BCUT2D eigenvalue weighted by atomic mass is 127. The van der Waals surface area contributed by atoms with Crippen LogP contribution in [0.25, 0.3) is 0 Å². The summed E-state index contributed by atoms with van der Waals surface area (Å²) >= 11 is 6.14. The molecule has 1 aromatic rings. The summed E-state index contributed by atoms with van der Waals surface area (Å²) in [5, 5.41) is 3.78. The minimum absolute atomic E-state index is 0. The Labute approximate surface area is 143 Å². The number of methoxy groups -OCH3 is 1. The van der Waals surface area contributed by atoms with Crippen molar-refractivity contribution in [2.24, 2.45) is 10.7 Å². The molecule has 0 saturated carbocycles. The van der Waals surface area contributed by atoms with Gasteiger partial charge in [-0.3, -0.25) is 4.99 Å². The van der Waals surface area contributed by atoms with Gasteiger partial charge in [-0.25, -0.2) is 0 Å². The first-order valence-electron chi connectivity index (χ1n) is 6.19. The molecule has 1 atom stereocenters. The summed E-state index contributed by atoms with van der Waals surface area (Å²) in [5.74, 6) is 0.404. The van der Waals surface area contributed by atoms with Gasteiger partial charge in [0, 0.05) is 23.2 Å². The lowest BCUT2D eigenvalue weighted by atomic mass is 10.1. The third kappa shape index (κ3) is 6.76. The van der Waals surface area contributed by atoms with E-state index in [0.29, 0.717) is 17.5 Å². The molecule has 0 aromatic heterocycles. The van der Waals surface area contributed by atoms with Gasteiger partial charge in [0.2, 0.25) is 0 Å². The summed E-state index contributed by atoms with van der Waals surface area (Å²) in [6.45, 7) is 6.50. The van der Waals surface area contributed by atoms with Crippen molar-refractivity contribution in [3.8, 4) is 0 Å². The molecule has 0 radical (unpaired) electrons. The van der Waals surface area contributed by atoms with Gasteiger partial charge >= 0.3 is 0 Å². The molecule has 0 saturated heterocycles. The summed E-state index contributed by atoms with van der Waals surface area (Å²) < 4.78 is 5.42. The number of hydrogen-bond acceptors (Lipinski definition) is 2. The molecule has 0 fully saturated rings. The number of nitrogens with one attached hydrogen (secondary N) is 1. The van der Waals surface area contributed by atoms with E-state index in [2.05, 4.69) is 10.3 Å². The van der Waals surface area contributed by atoms with Crippen molar-refractivity contribution in [1.29, 1.82) is 0 Å². The number of nitrogens with zero attached hydrogens (tertiary/aromatic N) is 1. The van der Waals surface area contributed by atoms with Crippen molar-refractivity contribution < 1.29 is 4.74 Å². The highest BCUT2D eigenvalue weighted by Gasteiger charge is 2.14. The van der Waals surface area contributed by atoms with Crippen molar-refractivity contribution in [1.82, 2.24) is 5.32 Å². The van der Waals surface area contributed by atoms with Gasteiger partial charge in [0.25, 0.3) is 0 Å². The lowest BCUT2D eigenvalue weighted by Crippen LogP contribution is -2.45. The fourth-order valence-electron chi connectivity index (χ4n) is 1.64. The topological polar surface area (TPSA) is 59.6 Å². The van der Waals surface area contributed by atoms with Gasteiger partial charge in [-0.15, -0.1) is 24.0 Å². The predicted molar refractivity (Wildman–Crippen MR) is 96.0 cm³/mol. The summed E-state index contributed by atoms with van der Waals surface area (Å²) in [5.41, 5.74) is 6.63. The molecular weight excluding hydrogens is 389 g/mol. The highest BCUT2D eigenvalue weighted by molar-refractivity contribution is 14.0. The molecule has 1 unspecified atom stereocenters. The molecule has 1 rings (SSSR count). The van der Waals surface area contributed by atoms with Crippen LogP contribution in [0.1, 0.15) is 32.4 Å². The first-order valence-corrected chi connectivity index (χ1v) is 6.56. The van der Waals surface area contributed by atoms with Gasteiger partial charge in [0.15, 0.2) is 5.96 Å². The average Bonchev–Trinajstić information content (AvgIpc) is 2.29. The van der Waals surface area contributed by atoms with Crippen molar-refractivity contribution in [3.63, 3.8) is 0 Å². The van der Waals surface area contributed by atoms with E-state index in [-0.39, 0.29) is 35.6 Å². The van der Waals surface area contributed by atoms with E-state index in [4.69, 9.17) is 22.1 Å². The molecule has 4 nitrogen and oxygen atoms in total. The molecule has 0 bridgehead atoms.